The van der Waals surface area contributed by atoms with Crippen molar-refractivity contribution in [1.29, 1.82) is 5.26 Å². The second-order valence-electron chi connectivity index (χ2n) is 2.66. The summed E-state index contributed by atoms with van der Waals surface area (Å²) < 4.78 is 39.6. The number of hydrogen-bond acceptors (Lipinski definition) is 4. The maximum absolute atomic E-state index is 12.0. The van der Waals surface area contributed by atoms with Gasteiger partial charge in [0.25, 0.3) is 0 Å². The number of aryl methyl sites for hydroxylation is 1. The van der Waals surface area contributed by atoms with Crippen molar-refractivity contribution < 1.29 is 17.9 Å². The average molecular weight is 217 g/mol. The minimum absolute atomic E-state index is 0.0434. The first-order valence-corrected chi connectivity index (χ1v) is 3.76. The summed E-state index contributed by atoms with van der Waals surface area (Å²) in [7, 11) is 0. The van der Waals surface area contributed by atoms with Gasteiger partial charge in [-0.15, -0.1) is 13.2 Å². The van der Waals surface area contributed by atoms with E-state index in [1.54, 1.807) is 0 Å². The van der Waals surface area contributed by atoms with Gasteiger partial charge in [-0.2, -0.15) is 5.26 Å². The minimum atomic E-state index is -4.87. The monoisotopic (exact) mass is 217 g/mol. The Morgan fingerprint density at radius 2 is 2.13 bits per heavy atom. The molecule has 1 aromatic heterocycles. The first-order chi connectivity index (χ1) is 6.85. The maximum Gasteiger partial charge on any atom is 0.573 e. The lowest BCUT2D eigenvalue weighted by atomic mass is 10.2. The van der Waals surface area contributed by atoms with Gasteiger partial charge in [0, 0.05) is 0 Å². The van der Waals surface area contributed by atoms with Crippen molar-refractivity contribution in [2.24, 2.45) is 0 Å². The molecule has 4 nitrogen and oxygen atoms in total. The largest absolute Gasteiger partial charge is 0.573 e. The third-order valence-electron chi connectivity index (χ3n) is 1.57. The van der Waals surface area contributed by atoms with E-state index < -0.39 is 12.1 Å². The number of anilines is 1. The lowest BCUT2D eigenvalue weighted by Gasteiger charge is -2.12. The lowest BCUT2D eigenvalue weighted by molar-refractivity contribution is -0.275. The van der Waals surface area contributed by atoms with Crippen molar-refractivity contribution in [2.75, 3.05) is 5.73 Å². The van der Waals surface area contributed by atoms with E-state index in [0.717, 1.165) is 6.20 Å². The number of nitrogens with zero attached hydrogens (tertiary/aromatic N) is 2. The molecule has 0 aliphatic rings. The first-order valence-electron chi connectivity index (χ1n) is 3.76. The van der Waals surface area contributed by atoms with Crippen LogP contribution in [0, 0.1) is 18.3 Å². The molecule has 7 heteroatoms. The zero-order chi connectivity index (χ0) is 11.6. The fourth-order valence-electron chi connectivity index (χ4n) is 0.957. The Morgan fingerprint density at radius 1 is 1.53 bits per heavy atom. The van der Waals surface area contributed by atoms with Crippen LogP contribution >= 0.6 is 0 Å². The van der Waals surface area contributed by atoms with Gasteiger partial charge in [-0.25, -0.2) is 0 Å². The fourth-order valence-corrected chi connectivity index (χ4v) is 0.957. The molecule has 0 aliphatic heterocycles. The van der Waals surface area contributed by atoms with Crippen molar-refractivity contribution in [1.82, 2.24) is 4.98 Å². The molecule has 0 unspecified atom stereocenters. The molecule has 0 spiro atoms. The van der Waals surface area contributed by atoms with Crippen molar-refractivity contribution in [3.8, 4) is 11.8 Å². The summed E-state index contributed by atoms with van der Waals surface area (Å²) in [5.41, 5.74) is 4.73. The standard InChI is InChI=1S/C8H6F3N3O/c1-4-7(15-8(9,10)11)5(2-12)6(13)3-14-4/h3H,13H2,1H3. The van der Waals surface area contributed by atoms with Crippen LogP contribution in [0.5, 0.6) is 5.75 Å². The second-order valence-corrected chi connectivity index (χ2v) is 2.66. The number of alkyl halides is 3. The van der Waals surface area contributed by atoms with Crippen LogP contribution in [0.25, 0.3) is 0 Å². The SMILES string of the molecule is Cc1ncc(N)c(C#N)c1OC(F)(F)F. The van der Waals surface area contributed by atoms with E-state index in [9.17, 15) is 13.2 Å². The zero-order valence-corrected chi connectivity index (χ0v) is 7.59. The summed E-state index contributed by atoms with van der Waals surface area (Å²) in [5, 5.41) is 8.62. The van der Waals surface area contributed by atoms with Crippen LogP contribution in [0.3, 0.4) is 0 Å². The van der Waals surface area contributed by atoms with E-state index in [1.165, 1.54) is 13.0 Å². The van der Waals surface area contributed by atoms with Gasteiger partial charge in [0.1, 0.15) is 11.6 Å². The molecule has 0 aliphatic carbocycles. The van der Waals surface area contributed by atoms with Gasteiger partial charge in [-0.1, -0.05) is 0 Å². The predicted molar refractivity (Wildman–Crippen MR) is 44.8 cm³/mol. The van der Waals surface area contributed by atoms with Gasteiger partial charge < -0.3 is 10.5 Å². The molecule has 0 aromatic carbocycles. The Hall–Kier alpha value is -1.97. The molecular formula is C8H6F3N3O. The highest BCUT2D eigenvalue weighted by Gasteiger charge is 2.33. The molecule has 1 aromatic rings. The van der Waals surface area contributed by atoms with Gasteiger partial charge >= 0.3 is 6.36 Å². The number of hydrogen-bond donors (Lipinski definition) is 1. The van der Waals surface area contributed by atoms with Crippen LogP contribution in [-0.2, 0) is 0 Å². The third kappa shape index (κ3) is 2.49. The number of aromatic nitrogens is 1. The molecule has 1 heterocycles. The zero-order valence-electron chi connectivity index (χ0n) is 7.59. The van der Waals surface area contributed by atoms with Gasteiger partial charge in [0.2, 0.25) is 0 Å². The highest BCUT2D eigenvalue weighted by Crippen LogP contribution is 2.31. The van der Waals surface area contributed by atoms with Gasteiger partial charge in [0.15, 0.2) is 5.75 Å². The Morgan fingerprint density at radius 3 is 2.60 bits per heavy atom. The number of pyridine rings is 1. The summed E-state index contributed by atoms with van der Waals surface area (Å²) in [4.78, 5) is 3.57. The maximum atomic E-state index is 12.0. The number of nitrogen functional groups attached to an aromatic ring is 1. The molecule has 0 saturated heterocycles. The number of ether oxygens (including phenoxy) is 1. The summed E-state index contributed by atoms with van der Waals surface area (Å²) in [6, 6.07) is 1.54. The van der Waals surface area contributed by atoms with Crippen molar-refractivity contribution in [3.63, 3.8) is 0 Å². The molecule has 0 saturated carbocycles. The number of nitriles is 1. The molecule has 0 radical (unpaired) electrons. The fraction of sp³-hybridized carbons (Fsp3) is 0.250. The molecule has 0 bridgehead atoms. The molecule has 15 heavy (non-hydrogen) atoms. The quantitative estimate of drug-likeness (QED) is 0.777. The number of rotatable bonds is 1. The van der Waals surface area contributed by atoms with E-state index in [4.69, 9.17) is 11.0 Å². The summed E-state index contributed by atoms with van der Waals surface area (Å²) in [6.45, 7) is 1.29. The minimum Gasteiger partial charge on any atom is -0.402 e. The number of nitrogens with two attached hydrogens (primary N) is 1. The van der Waals surface area contributed by atoms with E-state index in [1.807, 2.05) is 0 Å². The van der Waals surface area contributed by atoms with E-state index in [2.05, 4.69) is 9.72 Å². The lowest BCUT2D eigenvalue weighted by Crippen LogP contribution is -2.19. The first kappa shape index (κ1) is 11.1. The molecule has 0 amide bonds. The van der Waals surface area contributed by atoms with E-state index in [-0.39, 0.29) is 16.9 Å². The average Bonchev–Trinajstić information content (AvgIpc) is 2.10. The Bertz CT molecular complexity index is 422. The van der Waals surface area contributed by atoms with Crippen LogP contribution < -0.4 is 10.5 Å². The predicted octanol–water partition coefficient (Wildman–Crippen LogP) is 1.74. The van der Waals surface area contributed by atoms with E-state index in [0.29, 0.717) is 0 Å². The second kappa shape index (κ2) is 3.65. The van der Waals surface area contributed by atoms with Crippen LogP contribution in [0.15, 0.2) is 6.20 Å². The molecule has 2 N–H and O–H groups in total. The Kier molecular flexibility index (Phi) is 2.70. The molecule has 0 fully saturated rings. The van der Waals surface area contributed by atoms with Crippen molar-refractivity contribution in [2.45, 2.75) is 13.3 Å². The topological polar surface area (TPSA) is 71.9 Å². The smallest absolute Gasteiger partial charge is 0.402 e. The van der Waals surface area contributed by atoms with Crippen LogP contribution in [-0.4, -0.2) is 11.3 Å². The molecular weight excluding hydrogens is 211 g/mol. The Balaban J connectivity index is 3.28. The molecule has 0 atom stereocenters. The third-order valence-corrected chi connectivity index (χ3v) is 1.57. The van der Waals surface area contributed by atoms with Crippen LogP contribution in [0.4, 0.5) is 18.9 Å². The van der Waals surface area contributed by atoms with Crippen LogP contribution in [0.2, 0.25) is 0 Å². The van der Waals surface area contributed by atoms with Crippen molar-refractivity contribution >= 4 is 5.69 Å². The van der Waals surface area contributed by atoms with Gasteiger partial charge in [-0.3, -0.25) is 4.98 Å². The highest BCUT2D eigenvalue weighted by molar-refractivity contribution is 5.61. The summed E-state index contributed by atoms with van der Waals surface area (Å²) in [6.07, 6.45) is -3.76. The van der Waals surface area contributed by atoms with E-state index >= 15 is 0 Å². The van der Waals surface area contributed by atoms with Crippen LogP contribution in [0.1, 0.15) is 11.3 Å². The normalized spacial score (nSPS) is 10.9. The number of halogens is 3. The van der Waals surface area contributed by atoms with Gasteiger partial charge in [-0.05, 0) is 6.92 Å². The molecule has 1 rings (SSSR count). The molecule has 80 valence electrons. The van der Waals surface area contributed by atoms with Gasteiger partial charge in [0.05, 0.1) is 17.6 Å². The van der Waals surface area contributed by atoms with Crippen molar-refractivity contribution in [3.05, 3.63) is 17.5 Å². The summed E-state index contributed by atoms with van der Waals surface area (Å²) >= 11 is 0. The summed E-state index contributed by atoms with van der Waals surface area (Å²) in [5.74, 6) is -0.648. The Labute approximate surface area is 83.1 Å². The highest BCUT2D eigenvalue weighted by atomic mass is 19.4.